The largest absolute Gasteiger partial charge is 0.497 e. The van der Waals surface area contributed by atoms with Gasteiger partial charge in [-0.3, -0.25) is 4.90 Å². The van der Waals surface area contributed by atoms with Crippen molar-refractivity contribution in [3.8, 4) is 11.5 Å². The van der Waals surface area contributed by atoms with Crippen LogP contribution in [-0.2, 0) is 11.3 Å². The van der Waals surface area contributed by atoms with Crippen LogP contribution in [0.2, 0.25) is 0 Å². The highest BCUT2D eigenvalue weighted by molar-refractivity contribution is 5.68. The van der Waals surface area contributed by atoms with Gasteiger partial charge in [0.05, 0.1) is 14.2 Å². The van der Waals surface area contributed by atoms with E-state index in [-0.39, 0.29) is 25.9 Å². The van der Waals surface area contributed by atoms with Gasteiger partial charge in [0, 0.05) is 24.7 Å². The molecule has 164 valence electrons. The number of rotatable bonds is 5. The van der Waals surface area contributed by atoms with Gasteiger partial charge in [-0.15, -0.1) is 0 Å². The van der Waals surface area contributed by atoms with E-state index in [9.17, 15) is 18.0 Å². The molecule has 0 aliphatic carbocycles. The molecule has 9 heteroatoms. The second-order valence-corrected chi connectivity index (χ2v) is 8.09. The summed E-state index contributed by atoms with van der Waals surface area (Å²) in [6.07, 6.45) is -4.90. The number of nitrogens with zero attached hydrogens (tertiary/aromatic N) is 1. The lowest BCUT2D eigenvalue weighted by Crippen LogP contribution is -2.56. The van der Waals surface area contributed by atoms with Crippen LogP contribution in [0.25, 0.3) is 0 Å². The highest BCUT2D eigenvalue weighted by Crippen LogP contribution is 2.35. The Hall–Kier alpha value is -2.16. The van der Waals surface area contributed by atoms with E-state index in [0.29, 0.717) is 17.1 Å². The van der Waals surface area contributed by atoms with Gasteiger partial charge in [0.25, 0.3) is 0 Å². The number of methoxy groups -OCH3 is 2. The summed E-state index contributed by atoms with van der Waals surface area (Å²) >= 11 is 0. The molecular formula is C20H29F3N2O4. The number of likely N-dealkylation sites (tertiary alicyclic amines) is 1. The molecule has 1 amide bonds. The lowest BCUT2D eigenvalue weighted by atomic mass is 9.96. The number of amides is 1. The van der Waals surface area contributed by atoms with Gasteiger partial charge in [-0.2, -0.15) is 13.2 Å². The van der Waals surface area contributed by atoms with E-state index in [1.54, 1.807) is 39.0 Å². The van der Waals surface area contributed by atoms with Gasteiger partial charge in [-0.1, -0.05) is 0 Å². The molecule has 2 rings (SSSR count). The number of halogens is 3. The van der Waals surface area contributed by atoms with Gasteiger partial charge < -0.3 is 19.5 Å². The number of piperidine rings is 1. The summed E-state index contributed by atoms with van der Waals surface area (Å²) in [6, 6.07) is 2.97. The SMILES string of the molecule is COc1ccc(OC)c(CN2C[C@H](NC(=O)OC(C)(C)C)CC[C@@H]2C(F)(F)F)c1. The molecule has 0 aromatic heterocycles. The summed E-state index contributed by atoms with van der Waals surface area (Å²) in [7, 11) is 2.96. The molecule has 0 radical (unpaired) electrons. The van der Waals surface area contributed by atoms with Gasteiger partial charge >= 0.3 is 12.3 Å². The van der Waals surface area contributed by atoms with Gasteiger partial charge in [0.15, 0.2) is 0 Å². The summed E-state index contributed by atoms with van der Waals surface area (Å²) in [5.41, 5.74) is -0.0972. The number of hydrogen-bond donors (Lipinski definition) is 1. The second-order valence-electron chi connectivity index (χ2n) is 8.09. The van der Waals surface area contributed by atoms with E-state index in [2.05, 4.69) is 5.32 Å². The second kappa shape index (κ2) is 9.11. The molecule has 0 bridgehead atoms. The van der Waals surface area contributed by atoms with E-state index >= 15 is 0 Å². The zero-order valence-electron chi connectivity index (χ0n) is 17.4. The predicted molar refractivity (Wildman–Crippen MR) is 102 cm³/mol. The Bertz CT molecular complexity index is 704. The minimum absolute atomic E-state index is 0.0110. The van der Waals surface area contributed by atoms with Crippen LogP contribution in [0.15, 0.2) is 18.2 Å². The van der Waals surface area contributed by atoms with Crippen molar-refractivity contribution in [3.63, 3.8) is 0 Å². The monoisotopic (exact) mass is 418 g/mol. The zero-order chi connectivity index (χ0) is 21.8. The Morgan fingerprint density at radius 1 is 1.17 bits per heavy atom. The minimum atomic E-state index is -4.37. The van der Waals surface area contributed by atoms with Crippen LogP contribution >= 0.6 is 0 Å². The van der Waals surface area contributed by atoms with Crippen molar-refractivity contribution in [2.24, 2.45) is 0 Å². The first-order chi connectivity index (χ1) is 13.4. The molecular weight excluding hydrogens is 389 g/mol. The first kappa shape index (κ1) is 23.1. The summed E-state index contributed by atoms with van der Waals surface area (Å²) in [5.74, 6) is 1.01. The molecule has 1 aromatic rings. The van der Waals surface area contributed by atoms with Gasteiger partial charge in [-0.05, 0) is 51.8 Å². The van der Waals surface area contributed by atoms with Crippen molar-refractivity contribution in [1.82, 2.24) is 10.2 Å². The van der Waals surface area contributed by atoms with Crippen LogP contribution in [0.5, 0.6) is 11.5 Å². The summed E-state index contributed by atoms with van der Waals surface area (Å²) < 4.78 is 56.6. The molecule has 2 atom stereocenters. The normalized spacial score (nSPS) is 20.8. The number of alkyl carbamates (subject to hydrolysis) is 1. The van der Waals surface area contributed by atoms with Crippen molar-refractivity contribution < 1.29 is 32.2 Å². The van der Waals surface area contributed by atoms with Gasteiger partial charge in [0.2, 0.25) is 0 Å². The van der Waals surface area contributed by atoms with Crippen molar-refractivity contribution in [2.45, 2.75) is 64.0 Å². The van der Waals surface area contributed by atoms with Crippen LogP contribution in [0.1, 0.15) is 39.2 Å². The lowest BCUT2D eigenvalue weighted by Gasteiger charge is -2.40. The minimum Gasteiger partial charge on any atom is -0.497 e. The first-order valence-corrected chi connectivity index (χ1v) is 9.44. The number of carbonyl (C=O) groups is 1. The van der Waals surface area contributed by atoms with Crippen molar-refractivity contribution >= 4 is 6.09 Å². The van der Waals surface area contributed by atoms with Crippen LogP contribution in [0.4, 0.5) is 18.0 Å². The number of alkyl halides is 3. The number of nitrogens with one attached hydrogen (secondary N) is 1. The molecule has 1 aromatic carbocycles. The summed E-state index contributed by atoms with van der Waals surface area (Å²) in [6.45, 7) is 5.25. The lowest BCUT2D eigenvalue weighted by molar-refractivity contribution is -0.194. The van der Waals surface area contributed by atoms with E-state index in [4.69, 9.17) is 14.2 Å². The first-order valence-electron chi connectivity index (χ1n) is 9.44. The maximum Gasteiger partial charge on any atom is 0.407 e. The fraction of sp³-hybridized carbons (Fsp3) is 0.650. The zero-order valence-corrected chi connectivity index (χ0v) is 17.4. The topological polar surface area (TPSA) is 60.0 Å². The average molecular weight is 418 g/mol. The maximum absolute atomic E-state index is 13.6. The molecule has 1 aliphatic heterocycles. The Morgan fingerprint density at radius 2 is 1.86 bits per heavy atom. The third-order valence-corrected chi connectivity index (χ3v) is 4.64. The van der Waals surface area contributed by atoms with Crippen molar-refractivity contribution in [2.75, 3.05) is 20.8 Å². The Morgan fingerprint density at radius 3 is 2.41 bits per heavy atom. The fourth-order valence-electron chi connectivity index (χ4n) is 3.40. The van der Waals surface area contributed by atoms with Crippen molar-refractivity contribution in [1.29, 1.82) is 0 Å². The van der Waals surface area contributed by atoms with E-state index in [1.165, 1.54) is 19.1 Å². The average Bonchev–Trinajstić information content (AvgIpc) is 2.59. The molecule has 0 saturated carbocycles. The fourth-order valence-corrected chi connectivity index (χ4v) is 3.40. The van der Waals surface area contributed by atoms with E-state index < -0.39 is 30.0 Å². The quantitative estimate of drug-likeness (QED) is 0.779. The smallest absolute Gasteiger partial charge is 0.407 e. The molecule has 6 nitrogen and oxygen atoms in total. The Kier molecular flexibility index (Phi) is 7.26. The van der Waals surface area contributed by atoms with Gasteiger partial charge in [-0.25, -0.2) is 4.79 Å². The van der Waals surface area contributed by atoms with Crippen molar-refractivity contribution in [3.05, 3.63) is 23.8 Å². The summed E-state index contributed by atoms with van der Waals surface area (Å²) in [5, 5.41) is 2.69. The van der Waals surface area contributed by atoms with Crippen LogP contribution in [-0.4, -0.2) is 55.6 Å². The molecule has 0 spiro atoms. The number of benzene rings is 1. The third kappa shape index (κ3) is 6.69. The highest BCUT2D eigenvalue weighted by atomic mass is 19.4. The Balaban J connectivity index is 2.19. The Labute approximate surface area is 169 Å². The molecule has 1 fully saturated rings. The van der Waals surface area contributed by atoms with Gasteiger partial charge in [0.1, 0.15) is 23.1 Å². The molecule has 1 N–H and O–H groups in total. The standard InChI is InChI=1S/C20H29F3N2O4/c1-19(2,3)29-18(26)24-14-6-9-17(20(21,22)23)25(12-14)11-13-10-15(27-4)7-8-16(13)28-5/h7-8,10,14,17H,6,9,11-12H2,1-5H3,(H,24,26)/t14-,17-/m1/s1. The molecule has 0 unspecified atom stereocenters. The number of carbonyl (C=O) groups excluding carboxylic acids is 1. The van der Waals surface area contributed by atoms with E-state index in [1.807, 2.05) is 0 Å². The van der Waals surface area contributed by atoms with Crippen LogP contribution in [0, 0.1) is 0 Å². The molecule has 1 heterocycles. The van der Waals surface area contributed by atoms with Crippen LogP contribution in [0.3, 0.4) is 0 Å². The van der Waals surface area contributed by atoms with Crippen LogP contribution < -0.4 is 14.8 Å². The predicted octanol–water partition coefficient (Wildman–Crippen LogP) is 4.12. The number of hydrogen-bond acceptors (Lipinski definition) is 5. The third-order valence-electron chi connectivity index (χ3n) is 4.64. The highest BCUT2D eigenvalue weighted by Gasteiger charge is 2.46. The molecule has 29 heavy (non-hydrogen) atoms. The van der Waals surface area contributed by atoms with E-state index in [0.717, 1.165) is 0 Å². The maximum atomic E-state index is 13.6. The molecule has 1 saturated heterocycles. The summed E-state index contributed by atoms with van der Waals surface area (Å²) in [4.78, 5) is 13.4. The number of ether oxygens (including phenoxy) is 3. The molecule has 1 aliphatic rings.